The van der Waals surface area contributed by atoms with Gasteiger partial charge in [-0.05, 0) is 25.7 Å². The van der Waals surface area contributed by atoms with Gasteiger partial charge in [0.25, 0.3) is 0 Å². The van der Waals surface area contributed by atoms with Crippen molar-refractivity contribution in [3.05, 3.63) is 0 Å². The van der Waals surface area contributed by atoms with Crippen LogP contribution in [0.25, 0.3) is 0 Å². The highest BCUT2D eigenvalue weighted by atomic mass is 16.4. The summed E-state index contributed by atoms with van der Waals surface area (Å²) < 4.78 is 0. The van der Waals surface area contributed by atoms with E-state index in [-0.39, 0.29) is 18.2 Å². The Labute approximate surface area is 119 Å². The van der Waals surface area contributed by atoms with Gasteiger partial charge in [0.05, 0.1) is 0 Å². The Bertz CT molecular complexity index is 345. The van der Waals surface area contributed by atoms with E-state index in [0.717, 1.165) is 0 Å². The molecule has 20 heavy (non-hydrogen) atoms. The molecule has 116 valence electrons. The van der Waals surface area contributed by atoms with Crippen LogP contribution in [0.3, 0.4) is 0 Å². The summed E-state index contributed by atoms with van der Waals surface area (Å²) in [6.07, 6.45) is 1.44. The van der Waals surface area contributed by atoms with Crippen molar-refractivity contribution in [1.29, 1.82) is 0 Å². The number of hydrogen-bond acceptors (Lipinski definition) is 3. The normalized spacial score (nSPS) is 13.2. The molecule has 0 spiro atoms. The van der Waals surface area contributed by atoms with Crippen LogP contribution in [0.4, 0.5) is 4.79 Å². The first-order valence-electron chi connectivity index (χ1n) is 6.71. The van der Waals surface area contributed by atoms with Gasteiger partial charge in [-0.2, -0.15) is 0 Å². The van der Waals surface area contributed by atoms with E-state index < -0.39 is 18.0 Å². The lowest BCUT2D eigenvalue weighted by atomic mass is 10.0. The summed E-state index contributed by atoms with van der Waals surface area (Å²) in [6.45, 7) is 4.02. The van der Waals surface area contributed by atoms with Gasteiger partial charge in [-0.25, -0.2) is 4.79 Å². The average Bonchev–Trinajstić information content (AvgIpc) is 2.35. The molecule has 0 aromatic heterocycles. The zero-order valence-corrected chi connectivity index (χ0v) is 12.6. The molecule has 0 aromatic carbocycles. The molecule has 0 saturated heterocycles. The monoisotopic (exact) mass is 287 g/mol. The number of likely N-dealkylation sites (N-methyl/N-ethyl adjacent to an activating group) is 1. The Morgan fingerprint density at radius 1 is 1.15 bits per heavy atom. The minimum Gasteiger partial charge on any atom is -0.481 e. The van der Waals surface area contributed by atoms with E-state index in [2.05, 4.69) is 10.6 Å². The Hall–Kier alpha value is -1.79. The summed E-state index contributed by atoms with van der Waals surface area (Å²) in [5.41, 5.74) is 0. The Kier molecular flexibility index (Phi) is 8.35. The minimum absolute atomic E-state index is 0.141. The van der Waals surface area contributed by atoms with Gasteiger partial charge in [0.1, 0.15) is 6.04 Å². The van der Waals surface area contributed by atoms with Crippen LogP contribution < -0.4 is 10.6 Å². The summed E-state index contributed by atoms with van der Waals surface area (Å²) in [4.78, 5) is 34.9. The number of carboxylic acids is 1. The first-order chi connectivity index (χ1) is 9.23. The van der Waals surface area contributed by atoms with Crippen molar-refractivity contribution < 1.29 is 19.5 Å². The topological polar surface area (TPSA) is 98.7 Å². The van der Waals surface area contributed by atoms with E-state index in [0.29, 0.717) is 19.4 Å². The first kappa shape index (κ1) is 18.2. The molecule has 0 rings (SSSR count). The van der Waals surface area contributed by atoms with Gasteiger partial charge in [0, 0.05) is 27.1 Å². The average molecular weight is 287 g/mol. The van der Waals surface area contributed by atoms with Crippen LogP contribution >= 0.6 is 0 Å². The predicted molar refractivity (Wildman–Crippen MR) is 75.3 cm³/mol. The summed E-state index contributed by atoms with van der Waals surface area (Å²) in [5.74, 6) is -0.749. The molecular weight excluding hydrogens is 262 g/mol. The smallest absolute Gasteiger partial charge is 0.315 e. The van der Waals surface area contributed by atoms with Gasteiger partial charge in [-0.15, -0.1) is 0 Å². The zero-order valence-electron chi connectivity index (χ0n) is 12.6. The van der Waals surface area contributed by atoms with Crippen LogP contribution in [0, 0.1) is 5.92 Å². The maximum Gasteiger partial charge on any atom is 0.315 e. The molecule has 0 aliphatic carbocycles. The number of nitrogens with zero attached hydrogens (tertiary/aromatic N) is 1. The molecule has 3 N–H and O–H groups in total. The van der Waals surface area contributed by atoms with Crippen LogP contribution in [-0.2, 0) is 9.59 Å². The number of aliphatic carboxylic acids is 1. The fraction of sp³-hybridized carbons (Fsp3) is 0.769. The molecule has 0 saturated carbocycles. The second-order valence-electron chi connectivity index (χ2n) is 5.18. The van der Waals surface area contributed by atoms with Gasteiger partial charge >= 0.3 is 12.0 Å². The third-order valence-corrected chi connectivity index (χ3v) is 2.93. The molecule has 0 aromatic rings. The molecule has 7 heteroatoms. The van der Waals surface area contributed by atoms with Crippen molar-refractivity contribution in [2.45, 2.75) is 39.2 Å². The van der Waals surface area contributed by atoms with E-state index in [4.69, 9.17) is 5.11 Å². The number of carboxylic acid groups (broad SMARTS) is 1. The van der Waals surface area contributed by atoms with E-state index >= 15 is 0 Å². The van der Waals surface area contributed by atoms with E-state index in [1.165, 1.54) is 4.90 Å². The number of carbonyl (C=O) groups excluding carboxylic acids is 2. The minimum atomic E-state index is -0.807. The first-order valence-corrected chi connectivity index (χ1v) is 6.71. The molecule has 0 radical (unpaired) electrons. The van der Waals surface area contributed by atoms with Crippen molar-refractivity contribution in [2.75, 3.05) is 20.6 Å². The van der Waals surface area contributed by atoms with Crippen molar-refractivity contribution in [3.8, 4) is 0 Å². The summed E-state index contributed by atoms with van der Waals surface area (Å²) >= 11 is 0. The lowest BCUT2D eigenvalue weighted by Crippen LogP contribution is -2.48. The van der Waals surface area contributed by atoms with E-state index in [1.807, 2.05) is 6.92 Å². The summed E-state index contributed by atoms with van der Waals surface area (Å²) in [6, 6.07) is -0.965. The standard InChI is InChI=1S/C13H25N3O4/c1-9(5-6-11(17)18)7-8-14-13(20)15-10(2)12(19)16(3)4/h9-10H,5-8H2,1-4H3,(H,17,18)(H2,14,15,20). The highest BCUT2D eigenvalue weighted by Crippen LogP contribution is 2.08. The number of hydrogen-bond donors (Lipinski definition) is 3. The largest absolute Gasteiger partial charge is 0.481 e. The lowest BCUT2D eigenvalue weighted by Gasteiger charge is -2.18. The molecule has 0 aliphatic heterocycles. The van der Waals surface area contributed by atoms with Crippen LogP contribution in [0.2, 0.25) is 0 Å². The number of carbonyl (C=O) groups is 3. The van der Waals surface area contributed by atoms with Gasteiger partial charge in [0.2, 0.25) is 5.91 Å². The molecule has 0 bridgehead atoms. The van der Waals surface area contributed by atoms with Gasteiger partial charge < -0.3 is 20.6 Å². The van der Waals surface area contributed by atoms with Gasteiger partial charge in [-0.1, -0.05) is 6.92 Å². The third kappa shape index (κ3) is 8.34. The zero-order chi connectivity index (χ0) is 15.7. The van der Waals surface area contributed by atoms with E-state index in [1.54, 1.807) is 21.0 Å². The number of nitrogens with one attached hydrogen (secondary N) is 2. The second kappa shape index (κ2) is 9.17. The SMILES string of the molecule is CC(CCNC(=O)NC(C)C(=O)N(C)C)CCC(=O)O. The van der Waals surface area contributed by atoms with Crippen LogP contribution in [0.5, 0.6) is 0 Å². The summed E-state index contributed by atoms with van der Waals surface area (Å²) in [7, 11) is 3.26. The highest BCUT2D eigenvalue weighted by Gasteiger charge is 2.16. The van der Waals surface area contributed by atoms with Gasteiger partial charge in [0.15, 0.2) is 0 Å². The van der Waals surface area contributed by atoms with Crippen LogP contribution in [0.1, 0.15) is 33.1 Å². The fourth-order valence-corrected chi connectivity index (χ4v) is 1.64. The maximum atomic E-state index is 11.5. The molecule has 7 nitrogen and oxygen atoms in total. The number of rotatable bonds is 8. The lowest BCUT2D eigenvalue weighted by molar-refractivity contribution is -0.137. The Morgan fingerprint density at radius 3 is 2.25 bits per heavy atom. The highest BCUT2D eigenvalue weighted by molar-refractivity contribution is 5.86. The molecule has 0 fully saturated rings. The van der Waals surface area contributed by atoms with Crippen molar-refractivity contribution >= 4 is 17.9 Å². The van der Waals surface area contributed by atoms with Crippen molar-refractivity contribution in [1.82, 2.24) is 15.5 Å². The quantitative estimate of drug-likeness (QED) is 0.610. The number of urea groups is 1. The van der Waals surface area contributed by atoms with Crippen molar-refractivity contribution in [2.24, 2.45) is 5.92 Å². The van der Waals surface area contributed by atoms with Crippen molar-refractivity contribution in [3.63, 3.8) is 0 Å². The fourth-order valence-electron chi connectivity index (χ4n) is 1.64. The maximum absolute atomic E-state index is 11.5. The van der Waals surface area contributed by atoms with Gasteiger partial charge in [-0.3, -0.25) is 9.59 Å². The third-order valence-electron chi connectivity index (χ3n) is 2.93. The molecule has 3 amide bonds. The van der Waals surface area contributed by atoms with E-state index in [9.17, 15) is 14.4 Å². The second-order valence-corrected chi connectivity index (χ2v) is 5.18. The molecule has 0 aliphatic rings. The molecule has 2 atom stereocenters. The Morgan fingerprint density at radius 2 is 1.75 bits per heavy atom. The Balaban J connectivity index is 3.83. The molecular formula is C13H25N3O4. The number of amides is 3. The predicted octanol–water partition coefficient (Wildman–Crippen LogP) is 0.653. The summed E-state index contributed by atoms with van der Waals surface area (Å²) in [5, 5.41) is 13.8. The van der Waals surface area contributed by atoms with Crippen LogP contribution in [-0.4, -0.2) is 54.6 Å². The van der Waals surface area contributed by atoms with Crippen LogP contribution in [0.15, 0.2) is 0 Å². The molecule has 2 unspecified atom stereocenters. The molecule has 0 heterocycles.